The maximum absolute atomic E-state index is 12.2. The van der Waals surface area contributed by atoms with Gasteiger partial charge in [-0.05, 0) is 30.4 Å². The van der Waals surface area contributed by atoms with Crippen molar-refractivity contribution in [1.29, 1.82) is 0 Å². The predicted molar refractivity (Wildman–Crippen MR) is 80.2 cm³/mol. The first-order chi connectivity index (χ1) is 10.1. The van der Waals surface area contributed by atoms with E-state index in [0.717, 1.165) is 19.3 Å². The van der Waals surface area contributed by atoms with Gasteiger partial charge in [0.05, 0.1) is 0 Å². The van der Waals surface area contributed by atoms with Crippen LogP contribution in [-0.2, 0) is 17.6 Å². The highest BCUT2D eigenvalue weighted by molar-refractivity contribution is 5.80. The van der Waals surface area contributed by atoms with Gasteiger partial charge in [0.15, 0.2) is 0 Å². The van der Waals surface area contributed by atoms with Crippen LogP contribution in [0.3, 0.4) is 0 Å². The molecule has 0 bridgehead atoms. The Labute approximate surface area is 124 Å². The molecule has 0 saturated heterocycles. The minimum Gasteiger partial charge on any atom is -0.480 e. The monoisotopic (exact) mass is 288 g/mol. The molecular formula is C16H20N2O3. The highest BCUT2D eigenvalue weighted by Crippen LogP contribution is 2.21. The summed E-state index contributed by atoms with van der Waals surface area (Å²) in [6.07, 6.45) is 4.12. The second-order valence-electron chi connectivity index (χ2n) is 5.22. The van der Waals surface area contributed by atoms with E-state index in [-0.39, 0.29) is 25.2 Å². The number of fused-ring (bicyclic) bond motifs is 1. The fourth-order valence-corrected chi connectivity index (χ4v) is 2.63. The van der Waals surface area contributed by atoms with Crippen LogP contribution >= 0.6 is 0 Å². The molecule has 2 N–H and O–H groups in total. The lowest BCUT2D eigenvalue weighted by atomic mass is 9.88. The van der Waals surface area contributed by atoms with E-state index in [9.17, 15) is 9.59 Å². The number of nitrogens with zero attached hydrogens (tertiary/aromatic N) is 1. The van der Waals surface area contributed by atoms with Gasteiger partial charge in [0.1, 0.15) is 6.54 Å². The maximum atomic E-state index is 12.2. The fraction of sp³-hybridized carbons (Fsp3) is 0.375. The molecule has 2 rings (SSSR count). The first kappa shape index (κ1) is 15.1. The van der Waals surface area contributed by atoms with Gasteiger partial charge in [0, 0.05) is 12.6 Å². The number of aryl methyl sites for hydroxylation is 1. The standard InChI is InChI=1S/C16H20N2O3/c1-2-9-18(11-15(19)20)16(21)17-14-8-7-12-5-3-4-6-13(12)10-14/h2-6,14H,1,7-11H2,(H,17,21)(H,19,20). The first-order valence-electron chi connectivity index (χ1n) is 7.05. The van der Waals surface area contributed by atoms with Gasteiger partial charge in [0.2, 0.25) is 0 Å². The Balaban J connectivity index is 1.96. The number of carbonyl (C=O) groups is 2. The van der Waals surface area contributed by atoms with Gasteiger partial charge in [-0.25, -0.2) is 4.79 Å². The molecule has 5 heteroatoms. The summed E-state index contributed by atoms with van der Waals surface area (Å²) in [4.78, 5) is 24.2. The highest BCUT2D eigenvalue weighted by atomic mass is 16.4. The van der Waals surface area contributed by atoms with Gasteiger partial charge < -0.3 is 15.3 Å². The van der Waals surface area contributed by atoms with Crippen LogP contribution in [0.1, 0.15) is 17.5 Å². The van der Waals surface area contributed by atoms with E-state index in [1.807, 2.05) is 12.1 Å². The maximum Gasteiger partial charge on any atom is 0.323 e. The van der Waals surface area contributed by atoms with Crippen molar-refractivity contribution in [3.8, 4) is 0 Å². The van der Waals surface area contributed by atoms with Crippen molar-refractivity contribution < 1.29 is 14.7 Å². The van der Waals surface area contributed by atoms with Gasteiger partial charge >= 0.3 is 12.0 Å². The normalized spacial score (nSPS) is 16.7. The lowest BCUT2D eigenvalue weighted by Gasteiger charge is -2.28. The fourth-order valence-electron chi connectivity index (χ4n) is 2.63. The molecule has 1 aromatic carbocycles. The molecule has 1 aliphatic carbocycles. The van der Waals surface area contributed by atoms with Crippen molar-refractivity contribution in [2.75, 3.05) is 13.1 Å². The minimum absolute atomic E-state index is 0.0495. The Morgan fingerprint density at radius 2 is 2.10 bits per heavy atom. The van der Waals surface area contributed by atoms with Crippen molar-refractivity contribution in [2.24, 2.45) is 0 Å². The van der Waals surface area contributed by atoms with Crippen LogP contribution in [0.2, 0.25) is 0 Å². The summed E-state index contributed by atoms with van der Waals surface area (Å²) < 4.78 is 0. The summed E-state index contributed by atoms with van der Waals surface area (Å²) in [5, 5.41) is 11.8. The topological polar surface area (TPSA) is 69.6 Å². The zero-order valence-corrected chi connectivity index (χ0v) is 11.9. The van der Waals surface area contributed by atoms with E-state index in [1.165, 1.54) is 22.1 Å². The predicted octanol–water partition coefficient (Wildman–Crippen LogP) is 1.83. The van der Waals surface area contributed by atoms with Crippen LogP contribution in [0.15, 0.2) is 36.9 Å². The molecule has 112 valence electrons. The number of carboxylic acid groups (broad SMARTS) is 1. The molecule has 0 radical (unpaired) electrons. The third-order valence-electron chi connectivity index (χ3n) is 3.64. The Morgan fingerprint density at radius 3 is 2.76 bits per heavy atom. The Hall–Kier alpha value is -2.30. The molecule has 2 amide bonds. The number of nitrogens with one attached hydrogen (secondary N) is 1. The Morgan fingerprint density at radius 1 is 1.38 bits per heavy atom. The molecule has 1 unspecified atom stereocenters. The SMILES string of the molecule is C=CCN(CC(=O)O)C(=O)NC1CCc2ccccc2C1. The number of urea groups is 1. The molecule has 0 aliphatic heterocycles. The van der Waals surface area contributed by atoms with Crippen molar-refractivity contribution in [2.45, 2.75) is 25.3 Å². The summed E-state index contributed by atoms with van der Waals surface area (Å²) in [5.74, 6) is -1.03. The molecule has 5 nitrogen and oxygen atoms in total. The molecule has 1 atom stereocenters. The summed E-state index contributed by atoms with van der Waals surface area (Å²) in [5.41, 5.74) is 2.58. The average Bonchev–Trinajstić information content (AvgIpc) is 2.46. The second kappa shape index (κ2) is 6.92. The van der Waals surface area contributed by atoms with E-state index in [2.05, 4.69) is 24.0 Å². The van der Waals surface area contributed by atoms with Crippen LogP contribution in [0.25, 0.3) is 0 Å². The number of hydrogen-bond donors (Lipinski definition) is 2. The molecule has 0 saturated carbocycles. The smallest absolute Gasteiger partial charge is 0.323 e. The number of rotatable bonds is 5. The van der Waals surface area contributed by atoms with Gasteiger partial charge in [-0.2, -0.15) is 0 Å². The number of aliphatic carboxylic acids is 1. The van der Waals surface area contributed by atoms with Crippen LogP contribution in [-0.4, -0.2) is 41.1 Å². The van der Waals surface area contributed by atoms with Crippen LogP contribution in [0.4, 0.5) is 4.79 Å². The Kier molecular flexibility index (Phi) is 4.98. The number of benzene rings is 1. The summed E-state index contributed by atoms with van der Waals surface area (Å²) in [6.45, 7) is 3.46. The highest BCUT2D eigenvalue weighted by Gasteiger charge is 2.22. The summed E-state index contributed by atoms with van der Waals surface area (Å²) in [6, 6.07) is 7.91. The molecule has 21 heavy (non-hydrogen) atoms. The van der Waals surface area contributed by atoms with Gasteiger partial charge in [-0.3, -0.25) is 4.79 Å². The van der Waals surface area contributed by atoms with E-state index in [4.69, 9.17) is 5.11 Å². The van der Waals surface area contributed by atoms with E-state index < -0.39 is 5.97 Å². The molecule has 1 aromatic rings. The van der Waals surface area contributed by atoms with Crippen molar-refractivity contribution in [3.05, 3.63) is 48.0 Å². The number of carboxylic acids is 1. The van der Waals surface area contributed by atoms with Crippen LogP contribution < -0.4 is 5.32 Å². The first-order valence-corrected chi connectivity index (χ1v) is 7.05. The lowest BCUT2D eigenvalue weighted by Crippen LogP contribution is -2.48. The summed E-state index contributed by atoms with van der Waals surface area (Å²) in [7, 11) is 0. The molecule has 1 aliphatic rings. The minimum atomic E-state index is -1.03. The van der Waals surface area contributed by atoms with E-state index in [0.29, 0.717) is 0 Å². The zero-order chi connectivity index (χ0) is 15.2. The van der Waals surface area contributed by atoms with Gasteiger partial charge in [-0.15, -0.1) is 6.58 Å². The molecule has 0 spiro atoms. The van der Waals surface area contributed by atoms with Crippen molar-refractivity contribution in [1.82, 2.24) is 10.2 Å². The number of amides is 2. The quantitative estimate of drug-likeness (QED) is 0.812. The molecule has 0 fully saturated rings. The Bertz CT molecular complexity index is 542. The van der Waals surface area contributed by atoms with Crippen molar-refractivity contribution in [3.63, 3.8) is 0 Å². The number of hydrogen-bond acceptors (Lipinski definition) is 2. The van der Waals surface area contributed by atoms with Gasteiger partial charge in [-0.1, -0.05) is 30.3 Å². The van der Waals surface area contributed by atoms with Gasteiger partial charge in [0.25, 0.3) is 0 Å². The van der Waals surface area contributed by atoms with Crippen LogP contribution in [0, 0.1) is 0 Å². The molecule has 0 aromatic heterocycles. The summed E-state index contributed by atoms with van der Waals surface area (Å²) >= 11 is 0. The van der Waals surface area contributed by atoms with E-state index in [1.54, 1.807) is 0 Å². The third-order valence-corrected chi connectivity index (χ3v) is 3.64. The molecule has 0 heterocycles. The average molecular weight is 288 g/mol. The van der Waals surface area contributed by atoms with E-state index >= 15 is 0 Å². The van der Waals surface area contributed by atoms with Crippen LogP contribution in [0.5, 0.6) is 0 Å². The largest absolute Gasteiger partial charge is 0.480 e. The number of carbonyl (C=O) groups excluding carboxylic acids is 1. The molecular weight excluding hydrogens is 268 g/mol. The third kappa shape index (κ3) is 4.08. The zero-order valence-electron chi connectivity index (χ0n) is 11.9. The van der Waals surface area contributed by atoms with Crippen molar-refractivity contribution >= 4 is 12.0 Å². The second-order valence-corrected chi connectivity index (χ2v) is 5.22. The lowest BCUT2D eigenvalue weighted by molar-refractivity contribution is -0.137.